The number of hydrogen-bond acceptors (Lipinski definition) is 9. The number of hydrogen-bond donors (Lipinski definition) is 1. The van der Waals surface area contributed by atoms with Crippen molar-refractivity contribution in [2.75, 3.05) is 18.4 Å². The van der Waals surface area contributed by atoms with Crippen molar-refractivity contribution < 1.29 is 9.53 Å². The van der Waals surface area contributed by atoms with Gasteiger partial charge in [0, 0.05) is 48.8 Å². The van der Waals surface area contributed by atoms with Crippen LogP contribution in [-0.2, 0) is 10.3 Å². The second kappa shape index (κ2) is 11.2. The Labute approximate surface area is 237 Å². The standard InChI is InChI=1S/C28H33ClN6O3S/c1-27(2,3)38-26(36)35-15-12-28(34-37,13-16-35)24-33-22(18-7-6-8-19(29)17-18)23(39-24)21-11-14-30-25(32-21)31-20-9-4-5-10-20/h6-8,11,14,17,20H,4-5,9-10,12-13,15-16H2,1-3H3,(H,30,31,32). The van der Waals surface area contributed by atoms with Gasteiger partial charge in [0.05, 0.1) is 16.3 Å². The maximum atomic E-state index is 12.6. The zero-order chi connectivity index (χ0) is 27.6. The first-order valence-corrected chi connectivity index (χ1v) is 14.5. The number of anilines is 1. The van der Waals surface area contributed by atoms with Gasteiger partial charge in [0.2, 0.25) is 5.95 Å². The van der Waals surface area contributed by atoms with E-state index in [0.29, 0.717) is 53.6 Å². The zero-order valence-electron chi connectivity index (χ0n) is 22.4. The van der Waals surface area contributed by atoms with Crippen LogP contribution in [-0.4, -0.2) is 50.7 Å². The third kappa shape index (κ3) is 6.22. The minimum absolute atomic E-state index is 0.352. The normalized spacial score (nSPS) is 17.7. The molecular formula is C28H33ClN6O3S. The summed E-state index contributed by atoms with van der Waals surface area (Å²) in [6, 6.07) is 9.72. The molecule has 39 heavy (non-hydrogen) atoms. The van der Waals surface area contributed by atoms with Crippen LogP contribution in [0.5, 0.6) is 0 Å². The smallest absolute Gasteiger partial charge is 0.410 e. The molecule has 1 saturated heterocycles. The van der Waals surface area contributed by atoms with Crippen LogP contribution in [0.3, 0.4) is 0 Å². The van der Waals surface area contributed by atoms with Crippen LogP contribution in [0.1, 0.15) is 64.3 Å². The van der Waals surface area contributed by atoms with Gasteiger partial charge in [-0.3, -0.25) is 0 Å². The van der Waals surface area contributed by atoms with Gasteiger partial charge in [-0.15, -0.1) is 16.2 Å². The molecule has 1 aromatic carbocycles. The Hall–Kier alpha value is -3.11. The number of piperidine rings is 1. The summed E-state index contributed by atoms with van der Waals surface area (Å²) in [7, 11) is 0. The van der Waals surface area contributed by atoms with Crippen molar-refractivity contribution >= 4 is 35.0 Å². The van der Waals surface area contributed by atoms with E-state index in [-0.39, 0.29) is 6.09 Å². The Balaban J connectivity index is 1.48. The molecule has 5 rings (SSSR count). The van der Waals surface area contributed by atoms with Gasteiger partial charge in [0.25, 0.3) is 0 Å². The zero-order valence-corrected chi connectivity index (χ0v) is 24.0. The van der Waals surface area contributed by atoms with E-state index in [4.69, 9.17) is 26.3 Å². The number of thiazole rings is 1. The Morgan fingerprint density at radius 1 is 1.18 bits per heavy atom. The number of carbonyl (C=O) groups is 1. The van der Waals surface area contributed by atoms with Gasteiger partial charge in [-0.1, -0.05) is 41.8 Å². The SMILES string of the molecule is CC(C)(C)OC(=O)N1CCC(N=O)(c2nc(-c3cccc(Cl)c3)c(-c3ccnc(NC4CCCC4)n3)s2)CC1. The maximum absolute atomic E-state index is 12.6. The fourth-order valence-corrected chi connectivity index (χ4v) is 6.49. The van der Waals surface area contributed by atoms with Crippen molar-refractivity contribution in [1.82, 2.24) is 19.9 Å². The molecule has 3 aromatic rings. The Morgan fingerprint density at radius 3 is 2.59 bits per heavy atom. The van der Waals surface area contributed by atoms with Crippen LogP contribution >= 0.6 is 22.9 Å². The molecule has 11 heteroatoms. The molecule has 0 spiro atoms. The summed E-state index contributed by atoms with van der Waals surface area (Å²) in [5.41, 5.74) is 0.605. The second-order valence-electron chi connectivity index (χ2n) is 11.2. The molecule has 1 N–H and O–H groups in total. The van der Waals surface area contributed by atoms with E-state index in [1.165, 1.54) is 24.2 Å². The Morgan fingerprint density at radius 2 is 1.92 bits per heavy atom. The van der Waals surface area contributed by atoms with Gasteiger partial charge in [-0.05, 0) is 51.8 Å². The highest BCUT2D eigenvalue weighted by molar-refractivity contribution is 7.15. The van der Waals surface area contributed by atoms with E-state index in [9.17, 15) is 9.70 Å². The fraction of sp³-hybridized carbons (Fsp3) is 0.500. The molecule has 1 saturated carbocycles. The van der Waals surface area contributed by atoms with Crippen molar-refractivity contribution in [1.29, 1.82) is 0 Å². The van der Waals surface area contributed by atoms with Gasteiger partial charge >= 0.3 is 6.09 Å². The minimum Gasteiger partial charge on any atom is -0.444 e. The third-order valence-corrected chi connectivity index (χ3v) is 8.62. The van der Waals surface area contributed by atoms with Crippen molar-refractivity contribution in [2.24, 2.45) is 5.18 Å². The average Bonchev–Trinajstić information content (AvgIpc) is 3.59. The third-order valence-electron chi connectivity index (χ3n) is 7.12. The summed E-state index contributed by atoms with van der Waals surface area (Å²) in [5.74, 6) is 0.584. The van der Waals surface area contributed by atoms with Gasteiger partial charge in [0.1, 0.15) is 10.6 Å². The van der Waals surface area contributed by atoms with Crippen LogP contribution in [0.25, 0.3) is 21.8 Å². The lowest BCUT2D eigenvalue weighted by atomic mass is 9.89. The van der Waals surface area contributed by atoms with E-state index in [2.05, 4.69) is 15.5 Å². The Bertz CT molecular complexity index is 1340. The van der Waals surface area contributed by atoms with E-state index in [1.54, 1.807) is 11.1 Å². The summed E-state index contributed by atoms with van der Waals surface area (Å²) in [6.07, 6.45) is 6.71. The monoisotopic (exact) mass is 568 g/mol. The van der Waals surface area contributed by atoms with E-state index in [0.717, 1.165) is 29.0 Å². The van der Waals surface area contributed by atoms with Crippen molar-refractivity contribution in [3.63, 3.8) is 0 Å². The van der Waals surface area contributed by atoms with Crippen LogP contribution in [0.2, 0.25) is 5.02 Å². The molecular weight excluding hydrogens is 536 g/mol. The molecule has 2 aromatic heterocycles. The quantitative estimate of drug-likeness (QED) is 0.311. The molecule has 0 unspecified atom stereocenters. The summed E-state index contributed by atoms with van der Waals surface area (Å²) >= 11 is 7.75. The summed E-state index contributed by atoms with van der Waals surface area (Å²) in [6.45, 7) is 6.21. The van der Waals surface area contributed by atoms with Crippen molar-refractivity contribution in [3.05, 3.63) is 51.5 Å². The number of aromatic nitrogens is 3. The minimum atomic E-state index is -1.05. The molecule has 0 atom stereocenters. The molecule has 3 heterocycles. The molecule has 1 amide bonds. The number of likely N-dealkylation sites (tertiary alicyclic amines) is 1. The molecule has 1 aliphatic carbocycles. The topological polar surface area (TPSA) is 110 Å². The Kier molecular flexibility index (Phi) is 7.87. The molecule has 1 aliphatic heterocycles. The summed E-state index contributed by atoms with van der Waals surface area (Å²) in [5, 5.41) is 8.27. The van der Waals surface area contributed by atoms with Gasteiger partial charge < -0.3 is 15.0 Å². The number of nitroso groups, excluding NO2 is 1. The molecule has 9 nitrogen and oxygen atoms in total. The first kappa shape index (κ1) is 27.5. The first-order valence-electron chi connectivity index (χ1n) is 13.4. The lowest BCUT2D eigenvalue weighted by Crippen LogP contribution is -2.46. The van der Waals surface area contributed by atoms with Crippen LogP contribution in [0.15, 0.2) is 41.7 Å². The van der Waals surface area contributed by atoms with E-state index < -0.39 is 11.1 Å². The van der Waals surface area contributed by atoms with Gasteiger partial charge in [0.15, 0.2) is 5.54 Å². The number of nitrogens with zero attached hydrogens (tertiary/aromatic N) is 5. The number of nitrogens with one attached hydrogen (secondary N) is 1. The highest BCUT2D eigenvalue weighted by Gasteiger charge is 2.43. The van der Waals surface area contributed by atoms with E-state index >= 15 is 0 Å². The number of halogens is 1. The van der Waals surface area contributed by atoms with Crippen molar-refractivity contribution in [3.8, 4) is 21.8 Å². The van der Waals surface area contributed by atoms with Gasteiger partial charge in [-0.25, -0.2) is 19.7 Å². The highest BCUT2D eigenvalue weighted by Crippen LogP contribution is 2.45. The highest BCUT2D eigenvalue weighted by atomic mass is 35.5. The number of benzene rings is 1. The number of ether oxygens (including phenoxy) is 1. The molecule has 2 fully saturated rings. The molecule has 2 aliphatic rings. The van der Waals surface area contributed by atoms with E-state index in [1.807, 2.05) is 51.1 Å². The maximum Gasteiger partial charge on any atom is 0.410 e. The lowest BCUT2D eigenvalue weighted by Gasteiger charge is -2.36. The number of carbonyl (C=O) groups excluding carboxylic acids is 1. The first-order chi connectivity index (χ1) is 18.7. The van der Waals surface area contributed by atoms with Crippen molar-refractivity contribution in [2.45, 2.75) is 76.5 Å². The van der Waals surface area contributed by atoms with Crippen LogP contribution in [0.4, 0.5) is 10.7 Å². The molecule has 206 valence electrons. The summed E-state index contributed by atoms with van der Waals surface area (Å²) in [4.78, 5) is 41.7. The molecule has 0 bridgehead atoms. The van der Waals surface area contributed by atoms with Crippen LogP contribution < -0.4 is 5.32 Å². The van der Waals surface area contributed by atoms with Gasteiger partial charge in [-0.2, -0.15) is 0 Å². The number of rotatable bonds is 6. The predicted octanol–water partition coefficient (Wildman–Crippen LogP) is 7.27. The molecule has 0 radical (unpaired) electrons. The summed E-state index contributed by atoms with van der Waals surface area (Å²) < 4.78 is 5.53. The fourth-order valence-electron chi connectivity index (χ4n) is 5.06. The average molecular weight is 569 g/mol. The predicted molar refractivity (Wildman–Crippen MR) is 154 cm³/mol. The lowest BCUT2D eigenvalue weighted by molar-refractivity contribution is 0.0166. The second-order valence-corrected chi connectivity index (χ2v) is 12.6. The van der Waals surface area contributed by atoms with Crippen LogP contribution in [0, 0.1) is 4.91 Å². The number of amides is 1. The largest absolute Gasteiger partial charge is 0.444 e.